The van der Waals surface area contributed by atoms with E-state index >= 15 is 0 Å². The Balaban J connectivity index is 0.00000144. The minimum atomic E-state index is -4.46. The molecular weight excluding hydrogens is 203 g/mol. The minimum absolute atomic E-state index is 0. The van der Waals surface area contributed by atoms with E-state index in [0.29, 0.717) is 0 Å². The number of rotatable bonds is 1. The van der Waals surface area contributed by atoms with Crippen molar-refractivity contribution in [1.29, 1.82) is 0 Å². The van der Waals surface area contributed by atoms with Gasteiger partial charge in [0.2, 0.25) is 0 Å². The number of hydrogen-bond donors (Lipinski definition) is 2. The van der Waals surface area contributed by atoms with Crippen LogP contribution in [0.25, 0.3) is 0 Å². The fourth-order valence-electron chi connectivity index (χ4n) is 0.790. The Hall–Kier alpha value is -0.270. The quantitative estimate of drug-likeness (QED) is 0.287. The van der Waals surface area contributed by atoms with Crippen molar-refractivity contribution in [2.75, 3.05) is 11.5 Å². The van der Waals surface area contributed by atoms with Crippen LogP contribution in [0.4, 0.5) is 11.4 Å². The van der Waals surface area contributed by atoms with Crippen molar-refractivity contribution >= 4 is 21.5 Å². The maximum Gasteiger partial charge on any atom is 1.00 e. The zero-order chi connectivity index (χ0) is 9.35. The molecule has 0 spiro atoms. The first-order chi connectivity index (χ1) is 5.39. The fourth-order valence-corrected chi connectivity index (χ4v) is 1.35. The third-order valence-corrected chi connectivity index (χ3v) is 2.05. The molecule has 0 heterocycles. The van der Waals surface area contributed by atoms with E-state index in [1.807, 2.05) is 0 Å². The van der Waals surface area contributed by atoms with Crippen LogP contribution in [0.1, 0.15) is 0 Å². The van der Waals surface area contributed by atoms with Crippen LogP contribution in [0.3, 0.4) is 0 Å². The summed E-state index contributed by atoms with van der Waals surface area (Å²) in [5, 5.41) is 0. The zero-order valence-corrected chi connectivity index (χ0v) is 9.84. The number of benzene rings is 1. The van der Waals surface area contributed by atoms with Crippen LogP contribution in [0, 0.1) is 0 Å². The van der Waals surface area contributed by atoms with Crippen LogP contribution in [0.2, 0.25) is 0 Å². The third kappa shape index (κ3) is 3.53. The van der Waals surface area contributed by atoms with Crippen molar-refractivity contribution in [3.8, 4) is 0 Å². The predicted molar refractivity (Wildman–Crippen MR) is 43.2 cm³/mol. The molecule has 7 heteroatoms. The maximum absolute atomic E-state index is 10.5. The first-order valence-corrected chi connectivity index (χ1v) is 4.42. The summed E-state index contributed by atoms with van der Waals surface area (Å²) in [7, 11) is -4.46. The van der Waals surface area contributed by atoms with Gasteiger partial charge in [-0.05, 0) is 18.2 Å². The predicted octanol–water partition coefficient (Wildman–Crippen LogP) is -3.24. The Morgan fingerprint density at radius 1 is 1.08 bits per heavy atom. The Morgan fingerprint density at radius 3 is 1.77 bits per heavy atom. The van der Waals surface area contributed by atoms with Crippen molar-refractivity contribution in [2.45, 2.75) is 4.90 Å². The second-order valence-corrected chi connectivity index (χ2v) is 3.67. The van der Waals surface area contributed by atoms with Crippen molar-refractivity contribution in [3.05, 3.63) is 18.2 Å². The van der Waals surface area contributed by atoms with Crippen LogP contribution in [0.15, 0.2) is 23.1 Å². The van der Waals surface area contributed by atoms with E-state index in [4.69, 9.17) is 11.5 Å². The fraction of sp³-hybridized carbons (Fsp3) is 0. The SMILES string of the molecule is Nc1cc(N)cc(S(=O)(=O)[O-])c1.[Na+]. The third-order valence-electron chi connectivity index (χ3n) is 1.24. The number of anilines is 2. The van der Waals surface area contributed by atoms with Gasteiger partial charge in [0.1, 0.15) is 10.1 Å². The van der Waals surface area contributed by atoms with Crippen LogP contribution in [-0.2, 0) is 10.1 Å². The first-order valence-electron chi connectivity index (χ1n) is 3.01. The summed E-state index contributed by atoms with van der Waals surface area (Å²) in [6.45, 7) is 0. The van der Waals surface area contributed by atoms with Gasteiger partial charge >= 0.3 is 29.6 Å². The van der Waals surface area contributed by atoms with E-state index in [1.165, 1.54) is 6.07 Å². The molecule has 0 fully saturated rings. The molecule has 0 saturated heterocycles. The summed E-state index contributed by atoms with van der Waals surface area (Å²) in [5.74, 6) is 0. The molecule has 0 aliphatic rings. The summed E-state index contributed by atoms with van der Waals surface area (Å²) in [6.07, 6.45) is 0. The first kappa shape index (κ1) is 12.7. The largest absolute Gasteiger partial charge is 1.00 e. The van der Waals surface area contributed by atoms with Crippen LogP contribution in [-0.4, -0.2) is 13.0 Å². The van der Waals surface area contributed by atoms with Gasteiger partial charge in [0.15, 0.2) is 0 Å². The van der Waals surface area contributed by atoms with E-state index in [2.05, 4.69) is 0 Å². The van der Waals surface area contributed by atoms with Crippen LogP contribution >= 0.6 is 0 Å². The summed E-state index contributed by atoms with van der Waals surface area (Å²) in [6, 6.07) is 3.51. The number of hydrogen-bond acceptors (Lipinski definition) is 5. The van der Waals surface area contributed by atoms with E-state index in [-0.39, 0.29) is 40.9 Å². The molecule has 1 rings (SSSR count). The Labute approximate surface area is 98.2 Å². The van der Waals surface area contributed by atoms with Crippen LogP contribution in [0.5, 0.6) is 0 Å². The molecule has 1 aromatic rings. The van der Waals surface area contributed by atoms with Gasteiger partial charge in [-0.2, -0.15) is 0 Å². The number of nitrogens with two attached hydrogens (primary N) is 2. The monoisotopic (exact) mass is 210 g/mol. The molecule has 1 aromatic carbocycles. The molecule has 0 unspecified atom stereocenters. The summed E-state index contributed by atoms with van der Waals surface area (Å²) >= 11 is 0. The van der Waals surface area contributed by atoms with Gasteiger partial charge in [0.25, 0.3) is 0 Å². The molecular formula is C6H7N2NaO3S. The van der Waals surface area contributed by atoms with E-state index in [1.54, 1.807) is 0 Å². The smallest absolute Gasteiger partial charge is 0.744 e. The molecule has 0 aliphatic heterocycles. The average Bonchev–Trinajstić information content (AvgIpc) is 1.82. The maximum atomic E-state index is 10.5. The molecule has 0 bridgehead atoms. The van der Waals surface area contributed by atoms with Gasteiger partial charge in [-0.25, -0.2) is 8.42 Å². The van der Waals surface area contributed by atoms with Crippen molar-refractivity contribution in [3.63, 3.8) is 0 Å². The molecule has 0 atom stereocenters. The second-order valence-electron chi connectivity index (χ2n) is 2.29. The topological polar surface area (TPSA) is 109 Å². The normalized spacial score (nSPS) is 10.5. The number of nitrogen functional groups attached to an aromatic ring is 2. The Bertz CT molecular complexity index is 384. The molecule has 66 valence electrons. The zero-order valence-electron chi connectivity index (χ0n) is 7.02. The molecule has 0 aliphatic carbocycles. The molecule has 4 N–H and O–H groups in total. The van der Waals surface area contributed by atoms with Gasteiger partial charge in [-0.3, -0.25) is 0 Å². The van der Waals surface area contributed by atoms with Gasteiger partial charge < -0.3 is 16.0 Å². The van der Waals surface area contributed by atoms with E-state index in [9.17, 15) is 13.0 Å². The molecule has 5 nitrogen and oxygen atoms in total. The van der Waals surface area contributed by atoms with E-state index in [0.717, 1.165) is 12.1 Å². The summed E-state index contributed by atoms with van der Waals surface area (Å²) in [5.41, 5.74) is 10.9. The van der Waals surface area contributed by atoms with Crippen molar-refractivity contribution < 1.29 is 42.5 Å². The molecule has 0 saturated carbocycles. The van der Waals surface area contributed by atoms with Crippen LogP contribution < -0.4 is 41.0 Å². The summed E-state index contributed by atoms with van der Waals surface area (Å²) < 4.78 is 31.4. The second kappa shape index (κ2) is 4.30. The standard InChI is InChI=1S/C6H8N2O3S.Na/c7-4-1-5(8)3-6(2-4)12(9,10)11;/h1-3H,7-8H2,(H,9,10,11);/q;+1/p-1. The Kier molecular flexibility index (Phi) is 4.21. The molecule has 0 amide bonds. The van der Waals surface area contributed by atoms with Gasteiger partial charge in [-0.1, -0.05) is 0 Å². The van der Waals surface area contributed by atoms with Gasteiger partial charge in [0, 0.05) is 11.4 Å². The summed E-state index contributed by atoms with van der Waals surface area (Å²) in [4.78, 5) is -0.403. The van der Waals surface area contributed by atoms with E-state index < -0.39 is 15.0 Å². The van der Waals surface area contributed by atoms with Gasteiger partial charge in [0.05, 0.1) is 4.90 Å². The minimum Gasteiger partial charge on any atom is -0.744 e. The Morgan fingerprint density at radius 2 is 1.46 bits per heavy atom. The molecule has 0 aromatic heterocycles. The average molecular weight is 210 g/mol. The van der Waals surface area contributed by atoms with Crippen molar-refractivity contribution in [1.82, 2.24) is 0 Å². The van der Waals surface area contributed by atoms with Crippen molar-refractivity contribution in [2.24, 2.45) is 0 Å². The molecule has 13 heavy (non-hydrogen) atoms. The molecule has 0 radical (unpaired) electrons. The van der Waals surface area contributed by atoms with Gasteiger partial charge in [-0.15, -0.1) is 0 Å².